The second-order valence-electron chi connectivity index (χ2n) is 3.46. The van der Waals surface area contributed by atoms with Gasteiger partial charge in [-0.15, -0.1) is 5.10 Å². The first kappa shape index (κ1) is 12.5. The minimum atomic E-state index is -1.26. The molecule has 0 fully saturated rings. The highest BCUT2D eigenvalue weighted by molar-refractivity contribution is 9.10. The highest BCUT2D eigenvalue weighted by Gasteiger charge is 2.17. The van der Waals surface area contributed by atoms with E-state index in [0.29, 0.717) is 4.47 Å². The first-order valence-corrected chi connectivity index (χ1v) is 5.63. The number of aromatic nitrogens is 3. The summed E-state index contributed by atoms with van der Waals surface area (Å²) in [5, 5.41) is 18.3. The zero-order valence-corrected chi connectivity index (χ0v) is 10.8. The molecule has 0 unspecified atom stereocenters. The van der Waals surface area contributed by atoms with Crippen LogP contribution in [0.25, 0.3) is 11.3 Å². The Hall–Kier alpha value is -1.96. The highest BCUT2D eigenvalue weighted by atomic mass is 79.9. The fourth-order valence-corrected chi connectivity index (χ4v) is 1.79. The maximum absolute atomic E-state index is 13.8. The van der Waals surface area contributed by atoms with Gasteiger partial charge in [-0.05, 0) is 18.2 Å². The number of anilines is 1. The van der Waals surface area contributed by atoms with E-state index >= 15 is 0 Å². The van der Waals surface area contributed by atoms with Crippen LogP contribution in [0.5, 0.6) is 0 Å². The lowest BCUT2D eigenvalue weighted by molar-refractivity contribution is 0.209. The molecule has 1 aromatic carbocycles. The molecule has 6 nitrogen and oxygen atoms in total. The minimum absolute atomic E-state index is 0.115. The number of carbonyl (C=O) groups is 1. The summed E-state index contributed by atoms with van der Waals surface area (Å²) in [7, 11) is 1.51. The summed E-state index contributed by atoms with van der Waals surface area (Å²) < 4.78 is 15.6. The van der Waals surface area contributed by atoms with Gasteiger partial charge in [0.15, 0.2) is 5.82 Å². The van der Waals surface area contributed by atoms with E-state index in [4.69, 9.17) is 5.11 Å². The number of rotatable bonds is 2. The van der Waals surface area contributed by atoms with Gasteiger partial charge in [-0.2, -0.15) is 0 Å². The van der Waals surface area contributed by atoms with Crippen LogP contribution < -0.4 is 5.32 Å². The molecule has 2 N–H and O–H groups in total. The number of aryl methyl sites for hydroxylation is 1. The lowest BCUT2D eigenvalue weighted by atomic mass is 10.1. The monoisotopic (exact) mass is 314 g/mol. The van der Waals surface area contributed by atoms with E-state index < -0.39 is 11.9 Å². The van der Waals surface area contributed by atoms with E-state index in [2.05, 4.69) is 31.6 Å². The van der Waals surface area contributed by atoms with E-state index in [0.717, 1.165) is 0 Å². The Labute approximate surface area is 110 Å². The zero-order valence-electron chi connectivity index (χ0n) is 9.19. The molecule has 94 valence electrons. The van der Waals surface area contributed by atoms with Gasteiger partial charge in [0.05, 0.1) is 0 Å². The third kappa shape index (κ3) is 2.33. The van der Waals surface area contributed by atoms with Crippen molar-refractivity contribution in [3.05, 3.63) is 28.5 Å². The molecular formula is C10H8BrFN4O2. The number of halogens is 2. The third-order valence-electron chi connectivity index (χ3n) is 2.24. The molecule has 18 heavy (non-hydrogen) atoms. The average Bonchev–Trinajstić information content (AvgIpc) is 2.60. The quantitative estimate of drug-likeness (QED) is 0.892. The molecule has 8 heteroatoms. The van der Waals surface area contributed by atoms with Gasteiger partial charge in [0, 0.05) is 17.1 Å². The number of nitrogens with one attached hydrogen (secondary N) is 1. The number of hydrogen-bond donors (Lipinski definition) is 2. The van der Waals surface area contributed by atoms with Crippen molar-refractivity contribution in [2.24, 2.45) is 7.05 Å². The normalized spacial score (nSPS) is 10.4. The molecule has 0 saturated heterocycles. The summed E-state index contributed by atoms with van der Waals surface area (Å²) >= 11 is 3.14. The van der Waals surface area contributed by atoms with Crippen LogP contribution in [0.1, 0.15) is 0 Å². The van der Waals surface area contributed by atoms with Crippen molar-refractivity contribution in [2.45, 2.75) is 0 Å². The number of carboxylic acid groups (broad SMARTS) is 1. The lowest BCUT2D eigenvalue weighted by Gasteiger charge is -2.05. The highest BCUT2D eigenvalue weighted by Crippen LogP contribution is 2.29. The first-order chi connectivity index (χ1) is 8.49. The van der Waals surface area contributed by atoms with E-state index in [1.54, 1.807) is 6.07 Å². The van der Waals surface area contributed by atoms with E-state index in [1.165, 1.54) is 23.9 Å². The van der Waals surface area contributed by atoms with E-state index in [9.17, 15) is 9.18 Å². The average molecular weight is 315 g/mol. The van der Waals surface area contributed by atoms with Crippen LogP contribution in [0.15, 0.2) is 22.7 Å². The summed E-state index contributed by atoms with van der Waals surface area (Å²) in [5.41, 5.74) is 0.319. The largest absolute Gasteiger partial charge is 0.465 e. The van der Waals surface area contributed by atoms with Crippen molar-refractivity contribution in [3.8, 4) is 11.3 Å². The maximum Gasteiger partial charge on any atom is 0.410 e. The molecule has 1 aromatic heterocycles. The molecule has 2 aromatic rings. The summed E-state index contributed by atoms with van der Waals surface area (Å²) in [5.74, 6) is -0.401. The number of amides is 1. The molecular weight excluding hydrogens is 307 g/mol. The van der Waals surface area contributed by atoms with Gasteiger partial charge >= 0.3 is 6.09 Å². The van der Waals surface area contributed by atoms with Crippen LogP contribution in [-0.2, 0) is 7.05 Å². The van der Waals surface area contributed by atoms with Crippen molar-refractivity contribution in [1.82, 2.24) is 15.0 Å². The molecule has 0 atom stereocenters. The summed E-state index contributed by atoms with van der Waals surface area (Å²) in [6.45, 7) is 0. The fraction of sp³-hybridized carbons (Fsp3) is 0.100. The molecule has 0 bridgehead atoms. The number of hydrogen-bond acceptors (Lipinski definition) is 3. The Kier molecular flexibility index (Phi) is 3.28. The second kappa shape index (κ2) is 4.73. The van der Waals surface area contributed by atoms with Gasteiger partial charge in [-0.1, -0.05) is 21.1 Å². The molecule has 1 heterocycles. The van der Waals surface area contributed by atoms with Gasteiger partial charge in [0.1, 0.15) is 11.5 Å². The smallest absolute Gasteiger partial charge is 0.410 e. The Morgan fingerprint density at radius 3 is 2.89 bits per heavy atom. The predicted octanol–water partition coefficient (Wildman–Crippen LogP) is 2.47. The van der Waals surface area contributed by atoms with Crippen LogP contribution in [0.3, 0.4) is 0 Å². The Bertz CT molecular complexity index is 614. The number of benzene rings is 1. The molecule has 0 spiro atoms. The first-order valence-electron chi connectivity index (χ1n) is 4.84. The molecule has 0 saturated carbocycles. The Morgan fingerprint density at radius 2 is 2.28 bits per heavy atom. The van der Waals surface area contributed by atoms with Crippen molar-refractivity contribution >= 4 is 27.8 Å². The third-order valence-corrected chi connectivity index (χ3v) is 2.73. The molecule has 2 rings (SSSR count). The Morgan fingerprint density at radius 1 is 1.56 bits per heavy atom. The standard InChI is InChI=1S/C10H8BrFN4O2/c1-16-9(13-10(17)18)8(14-15-16)6-3-2-5(11)4-7(6)12/h2-4,13H,1H3,(H,17,18). The maximum atomic E-state index is 13.8. The molecule has 0 aliphatic heterocycles. The van der Waals surface area contributed by atoms with Crippen LogP contribution in [0.2, 0.25) is 0 Å². The van der Waals surface area contributed by atoms with Crippen LogP contribution in [-0.4, -0.2) is 26.2 Å². The summed E-state index contributed by atoms with van der Waals surface area (Å²) in [6, 6.07) is 4.41. The van der Waals surface area contributed by atoms with Crippen LogP contribution in [0, 0.1) is 5.82 Å². The number of nitrogens with zero attached hydrogens (tertiary/aromatic N) is 3. The summed E-state index contributed by atoms with van der Waals surface area (Å²) in [4.78, 5) is 10.7. The van der Waals surface area contributed by atoms with Crippen molar-refractivity contribution in [2.75, 3.05) is 5.32 Å². The SMILES string of the molecule is Cn1nnc(-c2ccc(Br)cc2F)c1NC(=O)O. The minimum Gasteiger partial charge on any atom is -0.465 e. The van der Waals surface area contributed by atoms with Crippen molar-refractivity contribution in [3.63, 3.8) is 0 Å². The molecule has 1 amide bonds. The van der Waals surface area contributed by atoms with Crippen molar-refractivity contribution in [1.29, 1.82) is 0 Å². The van der Waals surface area contributed by atoms with Gasteiger partial charge in [-0.3, -0.25) is 5.32 Å². The molecule has 0 radical (unpaired) electrons. The van der Waals surface area contributed by atoms with Crippen LogP contribution >= 0.6 is 15.9 Å². The lowest BCUT2D eigenvalue weighted by Crippen LogP contribution is -2.11. The van der Waals surface area contributed by atoms with Gasteiger partial charge in [0.2, 0.25) is 0 Å². The predicted molar refractivity (Wildman–Crippen MR) is 65.7 cm³/mol. The fourth-order valence-electron chi connectivity index (χ4n) is 1.46. The topological polar surface area (TPSA) is 80.0 Å². The zero-order chi connectivity index (χ0) is 13.3. The van der Waals surface area contributed by atoms with E-state index in [1.807, 2.05) is 0 Å². The second-order valence-corrected chi connectivity index (χ2v) is 4.38. The van der Waals surface area contributed by atoms with Gasteiger partial charge in [0.25, 0.3) is 0 Å². The van der Waals surface area contributed by atoms with Crippen molar-refractivity contribution < 1.29 is 14.3 Å². The van der Waals surface area contributed by atoms with Crippen LogP contribution in [0.4, 0.5) is 15.0 Å². The molecule has 0 aliphatic rings. The van der Waals surface area contributed by atoms with Gasteiger partial charge < -0.3 is 5.11 Å². The summed E-state index contributed by atoms with van der Waals surface area (Å²) in [6.07, 6.45) is -1.26. The molecule has 0 aliphatic carbocycles. The van der Waals surface area contributed by atoms with Gasteiger partial charge in [-0.25, -0.2) is 13.9 Å². The van der Waals surface area contributed by atoms with E-state index in [-0.39, 0.29) is 17.1 Å². The Balaban J connectivity index is 2.53.